The van der Waals surface area contributed by atoms with Gasteiger partial charge in [0.25, 0.3) is 0 Å². The van der Waals surface area contributed by atoms with Gasteiger partial charge in [-0.05, 0) is 30.7 Å². The maximum absolute atomic E-state index is 12.8. The van der Waals surface area contributed by atoms with Crippen molar-refractivity contribution < 1.29 is 24.2 Å². The van der Waals surface area contributed by atoms with Gasteiger partial charge in [0.15, 0.2) is 6.23 Å². The molecule has 2 aliphatic heterocycles. The van der Waals surface area contributed by atoms with Crippen molar-refractivity contribution in [3.8, 4) is 11.5 Å². The summed E-state index contributed by atoms with van der Waals surface area (Å²) in [6.07, 6.45) is 0.947. The molecule has 1 N–H and O–H groups in total. The van der Waals surface area contributed by atoms with Crippen LogP contribution in [-0.4, -0.2) is 34.7 Å². The Morgan fingerprint density at radius 3 is 2.61 bits per heavy atom. The van der Waals surface area contributed by atoms with Crippen LogP contribution in [0.4, 0.5) is 0 Å². The molecule has 3 atom stereocenters. The van der Waals surface area contributed by atoms with Gasteiger partial charge >= 0.3 is 5.97 Å². The first-order valence-electron chi connectivity index (χ1n) is 9.23. The van der Waals surface area contributed by atoms with Gasteiger partial charge in [-0.3, -0.25) is 9.69 Å². The van der Waals surface area contributed by atoms with Crippen molar-refractivity contribution in [3.63, 3.8) is 0 Å². The van der Waals surface area contributed by atoms with Crippen LogP contribution >= 0.6 is 0 Å². The highest BCUT2D eigenvalue weighted by molar-refractivity contribution is 5.92. The molecule has 0 aliphatic carbocycles. The Bertz CT molecular complexity index is 953. The molecular formula is C22H21NO5. The fraction of sp³-hybridized carbons (Fsp3) is 0.273. The Labute approximate surface area is 163 Å². The van der Waals surface area contributed by atoms with Gasteiger partial charge < -0.3 is 14.6 Å². The van der Waals surface area contributed by atoms with Gasteiger partial charge in [0.05, 0.1) is 18.1 Å². The number of rotatable bonds is 3. The highest BCUT2D eigenvalue weighted by Crippen LogP contribution is 2.53. The van der Waals surface area contributed by atoms with Crippen molar-refractivity contribution in [2.45, 2.75) is 31.9 Å². The van der Waals surface area contributed by atoms with Crippen molar-refractivity contribution in [2.75, 3.05) is 6.61 Å². The van der Waals surface area contributed by atoms with E-state index < -0.39 is 12.2 Å². The molecule has 0 spiro atoms. The second-order valence-corrected chi connectivity index (χ2v) is 6.88. The maximum Gasteiger partial charge on any atom is 0.336 e. The van der Waals surface area contributed by atoms with E-state index in [1.54, 1.807) is 31.3 Å². The highest BCUT2D eigenvalue weighted by Gasteiger charge is 2.50. The molecule has 1 amide bonds. The molecule has 2 heterocycles. The van der Waals surface area contributed by atoms with E-state index in [0.717, 1.165) is 11.1 Å². The Hall–Kier alpha value is -3.28. The SMILES string of the molecule is CCOC(=O)C1=CN(C(C)=O)[C@H]2Oc3ccc(O)cc3[C@@H]2[C@@H]1c1ccccc1. The van der Waals surface area contributed by atoms with Gasteiger partial charge in [-0.2, -0.15) is 0 Å². The molecule has 0 saturated heterocycles. The number of hydrogen-bond acceptors (Lipinski definition) is 5. The normalized spacial score (nSPS) is 22.6. The lowest BCUT2D eigenvalue weighted by atomic mass is 9.74. The third-order valence-corrected chi connectivity index (χ3v) is 5.19. The molecule has 2 aromatic carbocycles. The number of carbonyl (C=O) groups is 2. The number of fused-ring (bicyclic) bond motifs is 3. The zero-order chi connectivity index (χ0) is 19.8. The molecule has 0 unspecified atom stereocenters. The highest BCUT2D eigenvalue weighted by atomic mass is 16.5. The third-order valence-electron chi connectivity index (χ3n) is 5.19. The summed E-state index contributed by atoms with van der Waals surface area (Å²) in [4.78, 5) is 26.6. The monoisotopic (exact) mass is 379 g/mol. The number of phenolic OH excluding ortho intramolecular Hbond substituents is 1. The summed E-state index contributed by atoms with van der Waals surface area (Å²) in [7, 11) is 0. The number of aromatic hydroxyl groups is 1. The summed E-state index contributed by atoms with van der Waals surface area (Å²) in [5.74, 6) is -0.716. The number of nitrogens with zero attached hydrogens (tertiary/aromatic N) is 1. The van der Waals surface area contributed by atoms with Crippen molar-refractivity contribution in [3.05, 3.63) is 71.4 Å². The van der Waals surface area contributed by atoms with Crippen LogP contribution in [0.5, 0.6) is 11.5 Å². The molecule has 0 aromatic heterocycles. The Kier molecular flexibility index (Phi) is 4.55. The molecular weight excluding hydrogens is 358 g/mol. The number of carbonyl (C=O) groups excluding carboxylic acids is 2. The minimum atomic E-state index is -0.599. The average Bonchev–Trinajstić information content (AvgIpc) is 3.06. The largest absolute Gasteiger partial charge is 0.508 e. The van der Waals surface area contributed by atoms with Crippen LogP contribution in [0.15, 0.2) is 60.3 Å². The lowest BCUT2D eigenvalue weighted by Crippen LogP contribution is -2.46. The van der Waals surface area contributed by atoms with Crippen molar-refractivity contribution in [2.24, 2.45) is 0 Å². The molecule has 6 nitrogen and oxygen atoms in total. The van der Waals surface area contributed by atoms with Crippen molar-refractivity contribution in [1.29, 1.82) is 0 Å². The molecule has 0 fully saturated rings. The second-order valence-electron chi connectivity index (χ2n) is 6.88. The van der Waals surface area contributed by atoms with Crippen LogP contribution < -0.4 is 4.74 Å². The smallest absolute Gasteiger partial charge is 0.336 e. The lowest BCUT2D eigenvalue weighted by Gasteiger charge is -2.39. The van der Waals surface area contributed by atoms with E-state index in [0.29, 0.717) is 11.3 Å². The standard InChI is InChI=1S/C22H21NO5/c1-3-27-22(26)17-12-23(13(2)24)21-20(19(17)14-7-5-4-6-8-14)16-11-15(25)9-10-18(16)28-21/h4-12,19-21,25H,3H2,1-2H3/t19-,20-,21+/m1/s1. The molecule has 144 valence electrons. The molecule has 0 radical (unpaired) electrons. The van der Waals surface area contributed by atoms with E-state index in [4.69, 9.17) is 9.47 Å². The maximum atomic E-state index is 12.8. The van der Waals surface area contributed by atoms with Crippen LogP contribution in [0.25, 0.3) is 0 Å². The number of phenols is 1. The minimum absolute atomic E-state index is 0.108. The zero-order valence-electron chi connectivity index (χ0n) is 15.7. The van der Waals surface area contributed by atoms with Crippen LogP contribution in [0.3, 0.4) is 0 Å². The Balaban J connectivity index is 1.92. The zero-order valence-corrected chi connectivity index (χ0v) is 15.7. The average molecular weight is 379 g/mol. The fourth-order valence-electron chi connectivity index (χ4n) is 4.04. The second kappa shape index (κ2) is 7.03. The first-order valence-corrected chi connectivity index (χ1v) is 9.23. The number of ether oxygens (including phenoxy) is 2. The molecule has 6 heteroatoms. The summed E-state index contributed by atoms with van der Waals surface area (Å²) in [5.41, 5.74) is 2.07. The van der Waals surface area contributed by atoms with Crippen LogP contribution in [-0.2, 0) is 14.3 Å². The molecule has 0 bridgehead atoms. The van der Waals surface area contributed by atoms with E-state index >= 15 is 0 Å². The Morgan fingerprint density at radius 1 is 1.18 bits per heavy atom. The van der Waals surface area contributed by atoms with Gasteiger partial charge in [0.2, 0.25) is 5.91 Å². The molecule has 0 saturated carbocycles. The summed E-state index contributed by atoms with van der Waals surface area (Å²) < 4.78 is 11.4. The first-order chi connectivity index (χ1) is 13.5. The van der Waals surface area contributed by atoms with Gasteiger partial charge in [-0.15, -0.1) is 0 Å². The summed E-state index contributed by atoms with van der Waals surface area (Å²) in [6, 6.07) is 14.5. The predicted molar refractivity (Wildman–Crippen MR) is 102 cm³/mol. The van der Waals surface area contributed by atoms with E-state index in [2.05, 4.69) is 0 Å². The van der Waals surface area contributed by atoms with E-state index in [9.17, 15) is 14.7 Å². The van der Waals surface area contributed by atoms with E-state index in [1.807, 2.05) is 30.3 Å². The predicted octanol–water partition coefficient (Wildman–Crippen LogP) is 3.29. The quantitative estimate of drug-likeness (QED) is 0.829. The van der Waals surface area contributed by atoms with Gasteiger partial charge in [-0.1, -0.05) is 30.3 Å². The lowest BCUT2D eigenvalue weighted by molar-refractivity contribution is -0.140. The summed E-state index contributed by atoms with van der Waals surface area (Å²) in [5, 5.41) is 10.0. The van der Waals surface area contributed by atoms with Crippen molar-refractivity contribution in [1.82, 2.24) is 4.90 Å². The van der Waals surface area contributed by atoms with Gasteiger partial charge in [0.1, 0.15) is 11.5 Å². The number of amides is 1. The third kappa shape index (κ3) is 2.91. The number of esters is 1. The molecule has 2 aliphatic rings. The van der Waals surface area contributed by atoms with Crippen LogP contribution in [0.1, 0.15) is 36.8 Å². The molecule has 4 rings (SSSR count). The molecule has 28 heavy (non-hydrogen) atoms. The number of benzene rings is 2. The van der Waals surface area contributed by atoms with Crippen molar-refractivity contribution >= 4 is 11.9 Å². The van der Waals surface area contributed by atoms with E-state index in [-0.39, 0.29) is 30.1 Å². The number of hydrogen-bond donors (Lipinski definition) is 1. The minimum Gasteiger partial charge on any atom is -0.508 e. The summed E-state index contributed by atoms with van der Waals surface area (Å²) >= 11 is 0. The summed E-state index contributed by atoms with van der Waals surface area (Å²) in [6.45, 7) is 3.42. The first kappa shape index (κ1) is 18.1. The van der Waals surface area contributed by atoms with Gasteiger partial charge in [0, 0.05) is 24.6 Å². The molecule has 2 aromatic rings. The van der Waals surface area contributed by atoms with Gasteiger partial charge in [-0.25, -0.2) is 4.79 Å². The fourth-order valence-corrected chi connectivity index (χ4v) is 4.04. The topological polar surface area (TPSA) is 76.1 Å². The Morgan fingerprint density at radius 2 is 1.93 bits per heavy atom. The van der Waals surface area contributed by atoms with Crippen LogP contribution in [0.2, 0.25) is 0 Å². The van der Waals surface area contributed by atoms with E-state index in [1.165, 1.54) is 11.8 Å². The van der Waals surface area contributed by atoms with Crippen LogP contribution in [0, 0.1) is 0 Å².